The van der Waals surface area contributed by atoms with E-state index >= 15 is 0 Å². The molecule has 84 valence electrons. The topological polar surface area (TPSA) is 84.4 Å². The summed E-state index contributed by atoms with van der Waals surface area (Å²) in [4.78, 5) is 8.94. The minimum absolute atomic E-state index is 0.403. The van der Waals surface area contributed by atoms with E-state index in [9.17, 15) is 0 Å². The van der Waals surface area contributed by atoms with Gasteiger partial charge in [-0.25, -0.2) is 11.7 Å². The van der Waals surface area contributed by atoms with Crippen LogP contribution >= 0.6 is 11.6 Å². The van der Waals surface area contributed by atoms with Gasteiger partial charge in [-0.1, -0.05) is 17.7 Å². The van der Waals surface area contributed by atoms with E-state index < -0.39 is 0 Å². The number of nitrogens with zero attached hydrogens (tertiary/aromatic N) is 1. The van der Waals surface area contributed by atoms with Crippen molar-refractivity contribution in [2.24, 2.45) is 11.7 Å². The Morgan fingerprint density at radius 3 is 2.40 bits per heavy atom. The molecule has 0 unspecified atom stereocenters. The lowest BCUT2D eigenvalue weighted by Gasteiger charge is -2.15. The molecule has 5 nitrogen and oxygen atoms in total. The number of carbonyl (C=O) groups excluding carboxylic acids is 1. The first kappa shape index (κ1) is 13.7. The number of benzene rings is 1. The van der Waals surface area contributed by atoms with Crippen LogP contribution in [-0.2, 0) is 4.79 Å². The number of hydrogen-bond acceptors (Lipinski definition) is 4. The molecule has 1 amide bonds. The van der Waals surface area contributed by atoms with Gasteiger partial charge in [0, 0.05) is 12.1 Å². The molecule has 1 aromatic carbocycles. The van der Waals surface area contributed by atoms with E-state index in [-0.39, 0.29) is 0 Å². The van der Waals surface area contributed by atoms with E-state index in [0.29, 0.717) is 6.41 Å². The molecular weight excluding hydrogens is 216 g/mol. The van der Waals surface area contributed by atoms with E-state index in [2.05, 4.69) is 5.84 Å². The lowest BCUT2D eigenvalue weighted by atomic mass is 10.2. The molecule has 0 heterocycles. The van der Waals surface area contributed by atoms with Gasteiger partial charge in [0.15, 0.2) is 0 Å². The van der Waals surface area contributed by atoms with Crippen LogP contribution in [0.15, 0.2) is 18.2 Å². The predicted molar refractivity (Wildman–Crippen MR) is 62.2 cm³/mol. The minimum atomic E-state index is 0.403. The third-order valence-electron chi connectivity index (χ3n) is 1.69. The van der Waals surface area contributed by atoms with E-state index in [1.165, 1.54) is 0 Å². The largest absolute Gasteiger partial charge is 0.314 e. The molecule has 6 heteroatoms. The fourth-order valence-electron chi connectivity index (χ4n) is 0.978. The minimum Gasteiger partial charge on any atom is -0.314 e. The fourth-order valence-corrected chi connectivity index (χ4v) is 1.15. The summed E-state index contributed by atoms with van der Waals surface area (Å²) in [6, 6.07) is 5.67. The van der Waals surface area contributed by atoms with Gasteiger partial charge in [-0.05, 0) is 24.6 Å². The molecule has 1 aromatic rings. The molecule has 0 aliphatic rings. The quantitative estimate of drug-likeness (QED) is 0.300. The van der Waals surface area contributed by atoms with Crippen molar-refractivity contribution >= 4 is 23.7 Å². The van der Waals surface area contributed by atoms with Crippen LogP contribution in [0.5, 0.6) is 0 Å². The second-order valence-electron chi connectivity index (χ2n) is 2.78. The molecule has 0 fully saturated rings. The average Bonchev–Trinajstić information content (AvgIpc) is 2.22. The maximum atomic E-state index is 8.94. The number of carbonyl (C=O) groups is 1. The summed E-state index contributed by atoms with van der Waals surface area (Å²) >= 11 is 5.88. The highest BCUT2D eigenvalue weighted by Crippen LogP contribution is 2.23. The highest BCUT2D eigenvalue weighted by atomic mass is 35.5. The maximum Gasteiger partial charge on any atom is 0.221 e. The van der Waals surface area contributed by atoms with Crippen LogP contribution in [-0.4, -0.2) is 13.5 Å². The number of halogens is 1. The molecule has 0 aliphatic carbocycles. The molecule has 0 atom stereocenters. The van der Waals surface area contributed by atoms with Crippen molar-refractivity contribution in [1.29, 1.82) is 0 Å². The standard InChI is InChI=1S/C8H11ClN2.CH4N2O/c1-6-7(9)4-3-5-8(6)11(2)10;2-3-1-4/h3-5H,10H2,1-2H3;1H,2H2,(H,3,4). The third kappa shape index (κ3) is 4.64. The Hall–Kier alpha value is -1.30. The molecule has 0 saturated carbocycles. The van der Waals surface area contributed by atoms with Crippen molar-refractivity contribution in [3.8, 4) is 0 Å². The molecule has 0 spiro atoms. The molecule has 1 rings (SSSR count). The van der Waals surface area contributed by atoms with Crippen LogP contribution in [0.2, 0.25) is 5.02 Å². The predicted octanol–water partition coefficient (Wildman–Crippen LogP) is 0.564. The Bertz CT molecular complexity index is 317. The normalized spacial score (nSPS) is 8.60. The lowest BCUT2D eigenvalue weighted by Crippen LogP contribution is -2.25. The third-order valence-corrected chi connectivity index (χ3v) is 2.10. The second kappa shape index (κ2) is 7.05. The van der Waals surface area contributed by atoms with Crippen molar-refractivity contribution < 1.29 is 4.79 Å². The Kier molecular flexibility index (Phi) is 6.44. The van der Waals surface area contributed by atoms with E-state index in [1.54, 1.807) is 17.5 Å². The van der Waals surface area contributed by atoms with Gasteiger partial charge in [0.25, 0.3) is 0 Å². The van der Waals surface area contributed by atoms with Crippen molar-refractivity contribution in [3.05, 3.63) is 28.8 Å². The van der Waals surface area contributed by atoms with Gasteiger partial charge in [0.05, 0.1) is 5.69 Å². The molecule has 0 bridgehead atoms. The number of nitrogens with one attached hydrogen (secondary N) is 1. The fraction of sp³-hybridized carbons (Fsp3) is 0.222. The number of anilines is 1. The number of amides is 1. The average molecular weight is 231 g/mol. The Morgan fingerprint density at radius 2 is 2.07 bits per heavy atom. The second-order valence-corrected chi connectivity index (χ2v) is 3.19. The van der Waals surface area contributed by atoms with Gasteiger partial charge in [0.2, 0.25) is 6.41 Å². The van der Waals surface area contributed by atoms with E-state index in [1.807, 2.05) is 25.1 Å². The van der Waals surface area contributed by atoms with Crippen molar-refractivity contribution in [2.75, 3.05) is 12.1 Å². The highest BCUT2D eigenvalue weighted by molar-refractivity contribution is 6.31. The van der Waals surface area contributed by atoms with Gasteiger partial charge in [-0.3, -0.25) is 10.2 Å². The summed E-state index contributed by atoms with van der Waals surface area (Å²) in [5.74, 6) is 9.97. The summed E-state index contributed by atoms with van der Waals surface area (Å²) in [7, 11) is 1.79. The molecule has 0 radical (unpaired) electrons. The summed E-state index contributed by atoms with van der Waals surface area (Å²) in [5, 5.41) is 2.31. The van der Waals surface area contributed by atoms with Crippen LogP contribution in [0.4, 0.5) is 5.69 Å². The smallest absolute Gasteiger partial charge is 0.221 e. The van der Waals surface area contributed by atoms with E-state index in [0.717, 1.165) is 16.3 Å². The monoisotopic (exact) mass is 230 g/mol. The molecule has 0 aliphatic heterocycles. The van der Waals surface area contributed by atoms with Crippen LogP contribution < -0.4 is 22.1 Å². The maximum absolute atomic E-state index is 8.94. The molecule has 0 aromatic heterocycles. The Labute approximate surface area is 93.9 Å². The zero-order chi connectivity index (χ0) is 11.8. The lowest BCUT2D eigenvalue weighted by molar-refractivity contribution is -0.109. The first-order chi connectivity index (χ1) is 7.04. The number of hydrogen-bond donors (Lipinski definition) is 3. The summed E-state index contributed by atoms with van der Waals surface area (Å²) in [6.45, 7) is 1.95. The van der Waals surface area contributed by atoms with Gasteiger partial charge in [0.1, 0.15) is 0 Å². The summed E-state index contributed by atoms with van der Waals surface area (Å²) < 4.78 is 0. The number of rotatable bonds is 2. The first-order valence-electron chi connectivity index (χ1n) is 4.18. The molecule has 5 N–H and O–H groups in total. The van der Waals surface area contributed by atoms with E-state index in [4.69, 9.17) is 22.2 Å². The van der Waals surface area contributed by atoms with Gasteiger partial charge in [-0.2, -0.15) is 0 Å². The summed E-state index contributed by atoms with van der Waals surface area (Å²) in [5.41, 5.74) is 3.72. The first-order valence-corrected chi connectivity index (χ1v) is 4.55. The SMILES string of the molecule is Cc1c(Cl)cccc1N(C)N.NNC=O. The van der Waals surface area contributed by atoms with Gasteiger partial charge < -0.3 is 5.01 Å². The van der Waals surface area contributed by atoms with Crippen LogP contribution in [0.1, 0.15) is 5.56 Å². The Morgan fingerprint density at radius 1 is 1.53 bits per heavy atom. The number of hydrazine groups is 2. The summed E-state index contributed by atoms with van der Waals surface area (Å²) in [6.07, 6.45) is 0.403. The number of nitrogens with two attached hydrogens (primary N) is 2. The molecular formula is C9H15ClN4O. The van der Waals surface area contributed by atoms with Gasteiger partial charge in [-0.15, -0.1) is 0 Å². The zero-order valence-electron chi connectivity index (χ0n) is 8.70. The highest BCUT2D eigenvalue weighted by Gasteiger charge is 2.02. The molecule has 0 saturated heterocycles. The van der Waals surface area contributed by atoms with Crippen molar-refractivity contribution in [2.45, 2.75) is 6.92 Å². The molecule has 15 heavy (non-hydrogen) atoms. The van der Waals surface area contributed by atoms with Gasteiger partial charge >= 0.3 is 0 Å². The van der Waals surface area contributed by atoms with Crippen molar-refractivity contribution in [3.63, 3.8) is 0 Å². The zero-order valence-corrected chi connectivity index (χ0v) is 9.45. The van der Waals surface area contributed by atoms with Crippen LogP contribution in [0.25, 0.3) is 0 Å². The van der Waals surface area contributed by atoms with Crippen LogP contribution in [0, 0.1) is 6.92 Å². The van der Waals surface area contributed by atoms with Crippen LogP contribution in [0.3, 0.4) is 0 Å². The van der Waals surface area contributed by atoms with Crippen molar-refractivity contribution in [1.82, 2.24) is 5.43 Å². The Balaban J connectivity index is 0.000000423.